The topological polar surface area (TPSA) is 26.0 Å². The minimum atomic E-state index is 0.0295. The Kier molecular flexibility index (Phi) is 5.72. The van der Waals surface area contributed by atoms with Crippen molar-refractivity contribution in [1.29, 1.82) is 0 Å². The predicted molar refractivity (Wildman–Crippen MR) is 160 cm³/mol. The summed E-state index contributed by atoms with van der Waals surface area (Å²) in [6.45, 7) is 13.6. The van der Waals surface area contributed by atoms with Crippen LogP contribution in [-0.4, -0.2) is 4.98 Å². The molecule has 0 fully saturated rings. The van der Waals surface area contributed by atoms with Gasteiger partial charge in [0.2, 0.25) is 0 Å². The molecule has 0 aliphatic carbocycles. The molecule has 0 bridgehead atoms. The van der Waals surface area contributed by atoms with E-state index in [1.807, 2.05) is 23.8 Å². The van der Waals surface area contributed by atoms with Gasteiger partial charge in [0.05, 0.1) is 5.69 Å². The Morgan fingerprint density at radius 3 is 2.54 bits per heavy atom. The lowest BCUT2D eigenvalue weighted by atomic mass is 9.82. The maximum absolute atomic E-state index is 6.02. The van der Waals surface area contributed by atoms with E-state index in [1.54, 1.807) is 0 Å². The molecule has 3 aromatic heterocycles. The van der Waals surface area contributed by atoms with Crippen molar-refractivity contribution in [3.05, 3.63) is 89.8 Å². The van der Waals surface area contributed by atoms with E-state index < -0.39 is 0 Å². The predicted octanol–water partition coefficient (Wildman–Crippen LogP) is 10.3. The first-order chi connectivity index (χ1) is 17.7. The van der Waals surface area contributed by atoms with Crippen molar-refractivity contribution in [1.82, 2.24) is 4.98 Å². The summed E-state index contributed by atoms with van der Waals surface area (Å²) in [5, 5.41) is 5.01. The zero-order chi connectivity index (χ0) is 25.9. The number of pyridine rings is 1. The van der Waals surface area contributed by atoms with Crippen LogP contribution in [0.4, 0.5) is 0 Å². The summed E-state index contributed by atoms with van der Waals surface area (Å²) < 4.78 is 7.28. The zero-order valence-electron chi connectivity index (χ0n) is 22.5. The number of aryl methyl sites for hydroxylation is 1. The number of benzene rings is 3. The first-order valence-electron chi connectivity index (χ1n) is 13.1. The highest BCUT2D eigenvalue weighted by molar-refractivity contribution is 7.22. The molecule has 6 aromatic rings. The van der Waals surface area contributed by atoms with Crippen molar-refractivity contribution in [2.45, 2.75) is 53.4 Å². The van der Waals surface area contributed by atoms with Gasteiger partial charge in [-0.15, -0.1) is 11.3 Å². The largest absolute Gasteiger partial charge is 0.464 e. The average Bonchev–Trinajstić information content (AvgIpc) is 3.42. The molecule has 0 saturated heterocycles. The molecule has 186 valence electrons. The van der Waals surface area contributed by atoms with E-state index in [9.17, 15) is 0 Å². The fourth-order valence-electron chi connectivity index (χ4n) is 5.59. The highest BCUT2D eigenvalue weighted by Crippen LogP contribution is 2.45. The van der Waals surface area contributed by atoms with E-state index in [0.29, 0.717) is 5.92 Å². The molecule has 6 rings (SSSR count). The maximum atomic E-state index is 6.02. The Morgan fingerprint density at radius 1 is 0.946 bits per heavy atom. The summed E-state index contributed by atoms with van der Waals surface area (Å²) in [5.41, 5.74) is 8.37. The third-order valence-electron chi connectivity index (χ3n) is 7.31. The number of hydrogen-bond acceptors (Lipinski definition) is 3. The smallest absolute Gasteiger partial charge is 0.134 e. The van der Waals surface area contributed by atoms with Crippen LogP contribution in [0.1, 0.15) is 51.3 Å². The van der Waals surface area contributed by atoms with Crippen LogP contribution >= 0.6 is 11.3 Å². The van der Waals surface area contributed by atoms with Gasteiger partial charge in [0.1, 0.15) is 11.8 Å². The number of furan rings is 1. The Morgan fingerprint density at radius 2 is 1.76 bits per heavy atom. The van der Waals surface area contributed by atoms with Crippen molar-refractivity contribution in [2.75, 3.05) is 0 Å². The van der Waals surface area contributed by atoms with E-state index in [4.69, 9.17) is 9.40 Å². The van der Waals surface area contributed by atoms with Gasteiger partial charge in [-0.2, -0.15) is 0 Å². The first kappa shape index (κ1) is 23.9. The van der Waals surface area contributed by atoms with Crippen molar-refractivity contribution in [2.24, 2.45) is 5.92 Å². The van der Waals surface area contributed by atoms with Gasteiger partial charge in [-0.25, -0.2) is 0 Å². The van der Waals surface area contributed by atoms with E-state index in [-0.39, 0.29) is 5.41 Å². The fraction of sp³-hybridized carbons (Fsp3) is 0.265. The van der Waals surface area contributed by atoms with Crippen LogP contribution in [0.5, 0.6) is 0 Å². The number of thiophene rings is 1. The van der Waals surface area contributed by atoms with Gasteiger partial charge in [-0.3, -0.25) is 4.98 Å². The third kappa shape index (κ3) is 4.16. The second kappa shape index (κ2) is 8.85. The number of fused-ring (bicyclic) bond motifs is 3. The van der Waals surface area contributed by atoms with E-state index in [1.165, 1.54) is 58.9 Å². The minimum Gasteiger partial charge on any atom is -0.464 e. The lowest BCUT2D eigenvalue weighted by molar-refractivity contribution is 0.596. The second-order valence-corrected chi connectivity index (χ2v) is 12.7. The fourth-order valence-corrected chi connectivity index (χ4v) is 6.81. The monoisotopic (exact) mass is 503 g/mol. The summed E-state index contributed by atoms with van der Waals surface area (Å²) in [5.74, 6) is 0.618. The molecular weight excluding hydrogens is 470 g/mol. The quantitative estimate of drug-likeness (QED) is 0.239. The zero-order valence-corrected chi connectivity index (χ0v) is 23.3. The van der Waals surface area contributed by atoms with E-state index in [0.717, 1.165) is 17.7 Å². The molecule has 0 spiro atoms. The van der Waals surface area contributed by atoms with Crippen LogP contribution in [0.3, 0.4) is 0 Å². The summed E-state index contributed by atoms with van der Waals surface area (Å²) in [6.07, 6.45) is 4.96. The highest BCUT2D eigenvalue weighted by atomic mass is 32.1. The summed E-state index contributed by atoms with van der Waals surface area (Å²) in [4.78, 5) is 6.22. The molecule has 3 heteroatoms. The van der Waals surface area contributed by atoms with E-state index in [2.05, 4.69) is 102 Å². The molecule has 0 aliphatic heterocycles. The molecular formula is C34H33NOS. The van der Waals surface area contributed by atoms with Crippen LogP contribution < -0.4 is 0 Å². The maximum Gasteiger partial charge on any atom is 0.134 e. The number of nitrogens with zero attached hydrogens (tertiary/aromatic N) is 1. The van der Waals surface area contributed by atoms with Crippen molar-refractivity contribution < 1.29 is 4.42 Å². The molecule has 0 atom stereocenters. The minimum absolute atomic E-state index is 0.0295. The van der Waals surface area contributed by atoms with Gasteiger partial charge in [0.25, 0.3) is 0 Å². The third-order valence-corrected chi connectivity index (χ3v) is 8.60. The van der Waals surface area contributed by atoms with Gasteiger partial charge in [-0.05, 0) is 82.5 Å². The van der Waals surface area contributed by atoms with Crippen molar-refractivity contribution in [3.63, 3.8) is 0 Å². The first-order valence-corrected chi connectivity index (χ1v) is 13.9. The molecule has 0 amide bonds. The van der Waals surface area contributed by atoms with Gasteiger partial charge < -0.3 is 4.42 Å². The van der Waals surface area contributed by atoms with Gasteiger partial charge in [0, 0.05) is 37.7 Å². The SMILES string of the molecule is Cc1c(-c2coc3ccc(CC(C)C)cc23)sc2ccnc(-c3cc(C(C)(C)C)c4ccccc4c3)c12. The van der Waals surface area contributed by atoms with Crippen LogP contribution in [0, 0.1) is 12.8 Å². The van der Waals surface area contributed by atoms with Gasteiger partial charge in [0.15, 0.2) is 0 Å². The number of hydrogen-bond donors (Lipinski definition) is 0. The molecule has 2 nitrogen and oxygen atoms in total. The summed E-state index contributed by atoms with van der Waals surface area (Å²) in [6, 6.07) is 22.1. The molecule has 3 heterocycles. The molecule has 0 radical (unpaired) electrons. The van der Waals surface area contributed by atoms with Crippen LogP contribution in [0.15, 0.2) is 77.5 Å². The molecule has 0 aliphatic rings. The van der Waals surface area contributed by atoms with Crippen LogP contribution in [0.25, 0.3) is 53.5 Å². The average molecular weight is 504 g/mol. The lowest BCUT2D eigenvalue weighted by Gasteiger charge is -2.23. The van der Waals surface area contributed by atoms with E-state index >= 15 is 0 Å². The van der Waals surface area contributed by atoms with Crippen molar-refractivity contribution >= 4 is 43.2 Å². The number of aromatic nitrogens is 1. The normalized spacial score (nSPS) is 12.4. The summed E-state index contributed by atoms with van der Waals surface area (Å²) >= 11 is 1.84. The van der Waals surface area contributed by atoms with Gasteiger partial charge >= 0.3 is 0 Å². The molecule has 0 saturated carbocycles. The molecule has 0 unspecified atom stereocenters. The highest BCUT2D eigenvalue weighted by Gasteiger charge is 2.22. The molecule has 0 N–H and O–H groups in total. The lowest BCUT2D eigenvalue weighted by Crippen LogP contribution is -2.12. The Labute approximate surface area is 223 Å². The van der Waals surface area contributed by atoms with Crippen LogP contribution in [-0.2, 0) is 11.8 Å². The number of rotatable bonds is 4. The molecule has 37 heavy (non-hydrogen) atoms. The van der Waals surface area contributed by atoms with Gasteiger partial charge in [-0.1, -0.05) is 65.0 Å². The summed E-state index contributed by atoms with van der Waals surface area (Å²) in [7, 11) is 0. The Hall–Kier alpha value is -3.43. The standard InChI is InChI=1S/C34H33NOS/c1-20(2)15-22-11-12-29-26(16-22)27(19-36-29)33-21(3)31-30(37-33)13-14-35-32(31)24-17-23-9-7-8-10-25(23)28(18-24)34(4,5)6/h7-14,16-20H,15H2,1-6H3. The second-order valence-electron chi connectivity index (χ2n) is 11.7. The molecule has 3 aromatic carbocycles. The van der Waals surface area contributed by atoms with Crippen LogP contribution in [0.2, 0.25) is 0 Å². The Bertz CT molecular complexity index is 1780. The van der Waals surface area contributed by atoms with Crippen molar-refractivity contribution in [3.8, 4) is 21.7 Å². The Balaban J connectivity index is 1.57.